The summed E-state index contributed by atoms with van der Waals surface area (Å²) in [5.41, 5.74) is 15.0. The molecule has 2 aromatic carbocycles. The normalized spacial score (nSPS) is 22.1. The van der Waals surface area contributed by atoms with E-state index in [1.165, 1.54) is 0 Å². The van der Waals surface area contributed by atoms with Crippen molar-refractivity contribution in [2.24, 2.45) is 4.99 Å². The highest BCUT2D eigenvalue weighted by atomic mass is 35.5. The molecule has 1 saturated heterocycles. The van der Waals surface area contributed by atoms with Crippen LogP contribution in [0.15, 0.2) is 52.1 Å². The Bertz CT molecular complexity index is 1570. The van der Waals surface area contributed by atoms with E-state index >= 15 is 0 Å². The number of carbonyl (C=O) groups excluding carboxylic acids is 1. The average Bonchev–Trinajstić information content (AvgIpc) is 3.33. The Morgan fingerprint density at radius 1 is 1.20 bits per heavy atom. The Balaban J connectivity index is 0.00000370. The molecule has 2 unspecified atom stereocenters. The summed E-state index contributed by atoms with van der Waals surface area (Å²) in [6.07, 6.45) is 0. The number of nitrogens with two attached hydrogens (primary N) is 1. The van der Waals surface area contributed by atoms with E-state index in [1.54, 1.807) is 31.5 Å². The standard InChI is InChI=1S/C27H33N7O4S.ClH/c1-16-7-5-8-18-21(28)19-9-6-10-20(23(19)32-22(16)18)25(35)31-17(2)39(33-11-13-38-14-12-33)15-30-24(27(3,4)29)26(39)34(36)37;/h5-10,15,17H,11-14,29H2,1-4H3,(H2,28,32)(H,31,35);1H. The van der Waals surface area contributed by atoms with Gasteiger partial charge in [0.1, 0.15) is 5.54 Å². The van der Waals surface area contributed by atoms with Gasteiger partial charge in [-0.1, -0.05) is 30.3 Å². The lowest BCUT2D eigenvalue weighted by molar-refractivity contribution is -0.458. The third-order valence-corrected chi connectivity index (χ3v) is 11.1. The molecule has 3 heterocycles. The van der Waals surface area contributed by atoms with Gasteiger partial charge in [-0.3, -0.25) is 14.9 Å². The first-order chi connectivity index (χ1) is 18.5. The van der Waals surface area contributed by atoms with Crippen LogP contribution in [0, 0.1) is 17.0 Å². The summed E-state index contributed by atoms with van der Waals surface area (Å²) in [5, 5.41) is 16.6. The summed E-state index contributed by atoms with van der Waals surface area (Å²) in [6.45, 7) is 9.23. The summed E-state index contributed by atoms with van der Waals surface area (Å²) < 4.78 is 7.60. The molecule has 1 fully saturated rings. The molecule has 3 aromatic rings. The van der Waals surface area contributed by atoms with Crippen LogP contribution < -0.4 is 29.2 Å². The number of anilines is 1. The molecule has 0 radical (unpaired) electrons. The number of nitrogen functional groups attached to an aromatic ring is 1. The maximum absolute atomic E-state index is 13.9. The number of ether oxygens (including phenoxy) is 1. The van der Waals surface area contributed by atoms with E-state index in [0.29, 0.717) is 54.2 Å². The van der Waals surface area contributed by atoms with Crippen LogP contribution in [-0.4, -0.2) is 62.9 Å². The lowest BCUT2D eigenvalue weighted by atomic mass is 10.0. The average molecular weight is 588 g/mol. The molecule has 0 spiro atoms. The first-order valence-electron chi connectivity index (χ1n) is 12.8. The van der Waals surface area contributed by atoms with Gasteiger partial charge in [0.15, 0.2) is 5.70 Å². The van der Waals surface area contributed by atoms with Crippen molar-refractivity contribution in [1.82, 2.24) is 14.6 Å². The minimum atomic E-state index is -2.49. The molecular weight excluding hydrogens is 554 g/mol. The number of aryl methyl sites for hydroxylation is 1. The van der Waals surface area contributed by atoms with Crippen LogP contribution >= 0.6 is 10.2 Å². The molecule has 40 heavy (non-hydrogen) atoms. The van der Waals surface area contributed by atoms with Gasteiger partial charge < -0.3 is 33.9 Å². The van der Waals surface area contributed by atoms with Crippen molar-refractivity contribution in [3.8, 4) is 0 Å². The number of aliphatic imine (C=N–C) groups is 1. The topological polar surface area (TPSA) is 164 Å². The van der Waals surface area contributed by atoms with Crippen LogP contribution in [-0.2, 0) is 4.74 Å². The van der Waals surface area contributed by atoms with Gasteiger partial charge in [0, 0.05) is 23.9 Å². The van der Waals surface area contributed by atoms with Gasteiger partial charge in [0.05, 0.1) is 51.3 Å². The maximum atomic E-state index is 13.9. The van der Waals surface area contributed by atoms with Gasteiger partial charge in [0.2, 0.25) is 0 Å². The van der Waals surface area contributed by atoms with Crippen LogP contribution in [0.2, 0.25) is 0 Å². The van der Waals surface area contributed by atoms with E-state index < -0.39 is 21.1 Å². The van der Waals surface area contributed by atoms with Crippen molar-refractivity contribution in [2.75, 3.05) is 32.0 Å². The van der Waals surface area contributed by atoms with E-state index in [9.17, 15) is 14.9 Å². The first-order valence-corrected chi connectivity index (χ1v) is 14.5. The molecule has 5 rings (SSSR count). The van der Waals surface area contributed by atoms with Gasteiger partial charge in [-0.25, -0.2) is 14.3 Å². The van der Waals surface area contributed by atoms with Crippen LogP contribution in [0.3, 0.4) is 0 Å². The zero-order valence-electron chi connectivity index (χ0n) is 22.9. The summed E-state index contributed by atoms with van der Waals surface area (Å²) in [4.78, 5) is 35.6. The number of carbonyl (C=O) groups is 1. The predicted molar refractivity (Wildman–Crippen MR) is 155 cm³/mol. The monoisotopic (exact) mass is 587 g/mol. The highest BCUT2D eigenvalue weighted by molar-refractivity contribution is 8.45. The number of morpholine rings is 1. The Morgan fingerprint density at radius 3 is 2.45 bits per heavy atom. The van der Waals surface area contributed by atoms with Crippen molar-refractivity contribution < 1.29 is 32.6 Å². The summed E-state index contributed by atoms with van der Waals surface area (Å²) in [5.74, 6) is -0.383. The van der Waals surface area contributed by atoms with Crippen LogP contribution in [0.25, 0.3) is 21.8 Å². The number of hydrogen-bond acceptors (Lipinski definition) is 8. The second kappa shape index (κ2) is 10.9. The van der Waals surface area contributed by atoms with Gasteiger partial charge in [-0.15, -0.1) is 0 Å². The molecule has 13 heteroatoms. The van der Waals surface area contributed by atoms with Crippen molar-refractivity contribution in [2.45, 2.75) is 38.6 Å². The van der Waals surface area contributed by atoms with E-state index in [2.05, 4.69) is 20.3 Å². The smallest absolute Gasteiger partial charge is 0.332 e. The molecule has 6 N–H and O–H groups in total. The summed E-state index contributed by atoms with van der Waals surface area (Å²) in [7, 11) is -2.49. The molecule has 2 aliphatic rings. The van der Waals surface area contributed by atoms with Gasteiger partial charge >= 0.3 is 5.03 Å². The lowest BCUT2D eigenvalue weighted by Crippen LogP contribution is -3.00. The molecule has 1 amide bonds. The van der Waals surface area contributed by atoms with E-state index in [4.69, 9.17) is 15.5 Å². The molecule has 0 saturated carbocycles. The number of aromatic nitrogens is 1. The fraction of sp³-hybridized carbons (Fsp3) is 0.370. The SMILES string of the molecule is Cc1cccc2c(N)c3cccc(C(=O)NC(C)S4(N5CCOCC5)C=NC(C(C)(C)[NH3+])=C4[N+](=O)[O-])c3nc12.[Cl-]. The quantitative estimate of drug-likeness (QED) is 0.206. The zero-order chi connectivity index (χ0) is 28.1. The van der Waals surface area contributed by atoms with Gasteiger partial charge in [0.25, 0.3) is 5.91 Å². The van der Waals surface area contributed by atoms with Crippen LogP contribution in [0.4, 0.5) is 5.69 Å². The number of fused-ring (bicyclic) bond motifs is 2. The number of hydrogen-bond donors (Lipinski definition) is 3. The van der Waals surface area contributed by atoms with E-state index in [-0.39, 0.29) is 28.3 Å². The van der Waals surface area contributed by atoms with Crippen molar-refractivity contribution in [3.05, 3.63) is 68.4 Å². The van der Waals surface area contributed by atoms with Crippen molar-refractivity contribution in [1.29, 1.82) is 0 Å². The zero-order valence-corrected chi connectivity index (χ0v) is 24.5. The lowest BCUT2D eigenvalue weighted by Gasteiger charge is -2.47. The number of quaternary nitrogens is 1. The second-order valence-corrected chi connectivity index (χ2v) is 13.7. The molecular formula is C27H34ClN7O4S. The molecule has 214 valence electrons. The third-order valence-electron chi connectivity index (χ3n) is 7.25. The number of nitrogens with zero attached hydrogens (tertiary/aromatic N) is 4. The van der Waals surface area contributed by atoms with Crippen molar-refractivity contribution in [3.63, 3.8) is 0 Å². The molecule has 2 atom stereocenters. The summed E-state index contributed by atoms with van der Waals surface area (Å²) in [6, 6.07) is 11.1. The van der Waals surface area contributed by atoms with Gasteiger partial charge in [-0.05, 0) is 49.5 Å². The minimum Gasteiger partial charge on any atom is -1.00 e. The van der Waals surface area contributed by atoms with E-state index in [0.717, 1.165) is 16.5 Å². The predicted octanol–water partition coefficient (Wildman–Crippen LogP) is -0.0816. The maximum Gasteiger partial charge on any atom is 0.332 e. The molecule has 2 aliphatic heterocycles. The second-order valence-electron chi connectivity index (χ2n) is 10.6. The number of benzene rings is 2. The Hall–Kier alpha value is -3.29. The number of halogens is 1. The molecule has 0 bridgehead atoms. The Labute approximate surface area is 240 Å². The largest absolute Gasteiger partial charge is 1.00 e. The van der Waals surface area contributed by atoms with Gasteiger partial charge in [-0.2, -0.15) is 0 Å². The number of rotatable bonds is 6. The van der Waals surface area contributed by atoms with E-state index in [1.807, 2.05) is 38.1 Å². The van der Waals surface area contributed by atoms with Crippen molar-refractivity contribution >= 4 is 49.2 Å². The number of amides is 1. The van der Waals surface area contributed by atoms with Crippen LogP contribution in [0.5, 0.6) is 0 Å². The number of para-hydroxylation sites is 2. The number of nitrogens with one attached hydrogen (secondary N) is 1. The molecule has 1 aromatic heterocycles. The highest BCUT2D eigenvalue weighted by Gasteiger charge is 2.54. The number of pyridine rings is 1. The first kappa shape index (κ1) is 29.7. The fourth-order valence-corrected chi connectivity index (χ4v) is 8.91. The van der Waals surface area contributed by atoms with Crippen LogP contribution in [0.1, 0.15) is 36.7 Å². The molecule has 11 nitrogen and oxygen atoms in total. The Kier molecular flexibility index (Phi) is 8.12. The fourth-order valence-electron chi connectivity index (χ4n) is 5.28. The number of nitro groups is 1. The third kappa shape index (κ3) is 4.79. The Morgan fingerprint density at radius 2 is 1.82 bits per heavy atom. The summed E-state index contributed by atoms with van der Waals surface area (Å²) >= 11 is 0. The highest BCUT2D eigenvalue weighted by Crippen LogP contribution is 2.64. The minimum absolute atomic E-state index is 0. The molecule has 0 aliphatic carbocycles.